The number of carbonyl (C=O) groups excluding carboxylic acids is 1. The van der Waals surface area contributed by atoms with E-state index in [9.17, 15) is 14.9 Å². The molecule has 0 saturated heterocycles. The molecule has 1 amide bonds. The summed E-state index contributed by atoms with van der Waals surface area (Å²) in [6, 6.07) is 8.70. The lowest BCUT2D eigenvalue weighted by molar-refractivity contribution is -0.384. The molecule has 0 saturated carbocycles. The van der Waals surface area contributed by atoms with Crippen LogP contribution in [-0.2, 0) is 0 Å². The van der Waals surface area contributed by atoms with E-state index in [1.54, 1.807) is 12.1 Å². The molecule has 2 aromatic rings. The number of hydrazone groups is 1. The number of nitro benzene ring substituents is 1. The summed E-state index contributed by atoms with van der Waals surface area (Å²) < 4.78 is 11.3. The van der Waals surface area contributed by atoms with Gasteiger partial charge in [-0.1, -0.05) is 12.0 Å². The van der Waals surface area contributed by atoms with Gasteiger partial charge in [-0.15, -0.1) is 6.42 Å². The van der Waals surface area contributed by atoms with Crippen molar-refractivity contribution in [2.45, 2.75) is 0 Å². The first-order valence-electron chi connectivity index (χ1n) is 7.48. The van der Waals surface area contributed by atoms with E-state index in [-0.39, 0.29) is 17.9 Å². The van der Waals surface area contributed by atoms with Crippen LogP contribution in [-0.4, -0.2) is 30.8 Å². The van der Waals surface area contributed by atoms with E-state index in [2.05, 4.69) is 32.4 Å². The van der Waals surface area contributed by atoms with Crippen molar-refractivity contribution in [3.05, 3.63) is 62.1 Å². The molecule has 1 N–H and O–H groups in total. The molecule has 0 atom stereocenters. The molecule has 0 unspecified atom stereocenters. The summed E-state index contributed by atoms with van der Waals surface area (Å²) in [5, 5.41) is 14.6. The Bertz CT molecular complexity index is 937. The first-order valence-corrected chi connectivity index (χ1v) is 8.27. The molecule has 0 bridgehead atoms. The molecular formula is C18H14BrN3O5. The second kappa shape index (κ2) is 9.35. The van der Waals surface area contributed by atoms with Crippen LogP contribution in [0.4, 0.5) is 5.69 Å². The Morgan fingerprint density at radius 3 is 2.89 bits per heavy atom. The van der Waals surface area contributed by atoms with Crippen LogP contribution in [0.1, 0.15) is 15.9 Å². The zero-order valence-corrected chi connectivity index (χ0v) is 15.7. The van der Waals surface area contributed by atoms with E-state index < -0.39 is 10.8 Å². The quantitative estimate of drug-likeness (QED) is 0.314. The van der Waals surface area contributed by atoms with E-state index in [4.69, 9.17) is 15.9 Å². The van der Waals surface area contributed by atoms with Crippen molar-refractivity contribution in [3.8, 4) is 23.8 Å². The monoisotopic (exact) mass is 431 g/mol. The zero-order chi connectivity index (χ0) is 19.8. The smallest absolute Gasteiger partial charge is 0.271 e. The molecule has 138 valence electrons. The largest absolute Gasteiger partial charge is 0.493 e. The maximum Gasteiger partial charge on any atom is 0.271 e. The Labute approximate surface area is 163 Å². The fraction of sp³-hybridized carbons (Fsp3) is 0.111. The first kappa shape index (κ1) is 19.9. The van der Waals surface area contributed by atoms with E-state index in [1.807, 2.05) is 0 Å². The number of halogens is 1. The van der Waals surface area contributed by atoms with Crippen LogP contribution in [0.3, 0.4) is 0 Å². The number of terminal acetylenes is 1. The van der Waals surface area contributed by atoms with E-state index in [1.165, 1.54) is 37.6 Å². The zero-order valence-electron chi connectivity index (χ0n) is 14.1. The van der Waals surface area contributed by atoms with Gasteiger partial charge in [-0.25, -0.2) is 5.43 Å². The molecule has 0 aliphatic carbocycles. The fourth-order valence-electron chi connectivity index (χ4n) is 2.06. The average Bonchev–Trinajstić information content (AvgIpc) is 2.66. The molecule has 0 spiro atoms. The topological polar surface area (TPSA) is 103 Å². The number of amides is 1. The number of nitrogens with one attached hydrogen (secondary N) is 1. The third-order valence-corrected chi connectivity index (χ3v) is 3.84. The lowest BCUT2D eigenvalue weighted by Crippen LogP contribution is -2.17. The van der Waals surface area contributed by atoms with Gasteiger partial charge in [0.25, 0.3) is 11.6 Å². The highest BCUT2D eigenvalue weighted by molar-refractivity contribution is 9.10. The number of hydrogen-bond donors (Lipinski definition) is 1. The van der Waals surface area contributed by atoms with Crippen LogP contribution >= 0.6 is 15.9 Å². The number of non-ortho nitro benzene ring substituents is 1. The molecule has 0 heterocycles. The van der Waals surface area contributed by atoms with Crippen molar-refractivity contribution in [1.82, 2.24) is 5.43 Å². The van der Waals surface area contributed by atoms with Crippen molar-refractivity contribution in [2.75, 3.05) is 13.7 Å². The van der Waals surface area contributed by atoms with Gasteiger partial charge in [-0.3, -0.25) is 14.9 Å². The lowest BCUT2D eigenvalue weighted by Gasteiger charge is -2.11. The van der Waals surface area contributed by atoms with Crippen LogP contribution in [0.5, 0.6) is 11.5 Å². The van der Waals surface area contributed by atoms with Crippen LogP contribution in [0.2, 0.25) is 0 Å². The number of methoxy groups -OCH3 is 1. The number of benzene rings is 2. The summed E-state index contributed by atoms with van der Waals surface area (Å²) in [5.41, 5.74) is 2.88. The second-order valence-electron chi connectivity index (χ2n) is 5.03. The normalized spacial score (nSPS) is 10.3. The second-order valence-corrected chi connectivity index (χ2v) is 5.89. The predicted octanol–water partition coefficient (Wildman–Crippen LogP) is 3.14. The Morgan fingerprint density at radius 1 is 1.44 bits per heavy atom. The van der Waals surface area contributed by atoms with Gasteiger partial charge < -0.3 is 9.47 Å². The first-order chi connectivity index (χ1) is 13.0. The molecule has 2 aromatic carbocycles. The molecule has 0 aliphatic heterocycles. The minimum Gasteiger partial charge on any atom is -0.493 e. The van der Waals surface area contributed by atoms with Gasteiger partial charge in [-0.2, -0.15) is 5.10 Å². The van der Waals surface area contributed by atoms with Gasteiger partial charge in [0.15, 0.2) is 11.5 Å². The number of ether oxygens (including phenoxy) is 2. The summed E-state index contributed by atoms with van der Waals surface area (Å²) in [4.78, 5) is 22.2. The summed E-state index contributed by atoms with van der Waals surface area (Å²) in [7, 11) is 1.48. The SMILES string of the molecule is C#CCOc1c(Br)cc(C=NNC(=O)c2cccc([N+](=O)[O-])c2)cc1OC. The average molecular weight is 432 g/mol. The highest BCUT2D eigenvalue weighted by atomic mass is 79.9. The van der Waals surface area contributed by atoms with Gasteiger partial charge in [0.1, 0.15) is 6.61 Å². The van der Waals surface area contributed by atoms with Crippen molar-refractivity contribution < 1.29 is 19.2 Å². The predicted molar refractivity (Wildman–Crippen MR) is 103 cm³/mol. The number of hydrogen-bond acceptors (Lipinski definition) is 6. The highest BCUT2D eigenvalue weighted by Crippen LogP contribution is 2.36. The van der Waals surface area contributed by atoms with Gasteiger partial charge in [0.2, 0.25) is 0 Å². The Balaban J connectivity index is 2.13. The van der Waals surface area contributed by atoms with Crippen LogP contribution in [0, 0.1) is 22.5 Å². The number of nitrogens with zero attached hydrogens (tertiary/aromatic N) is 2. The van der Waals surface area contributed by atoms with Crippen LogP contribution in [0.25, 0.3) is 0 Å². The Morgan fingerprint density at radius 2 is 2.22 bits per heavy atom. The third-order valence-electron chi connectivity index (χ3n) is 3.25. The van der Waals surface area contributed by atoms with E-state index in [0.29, 0.717) is 21.5 Å². The lowest BCUT2D eigenvalue weighted by atomic mass is 10.2. The summed E-state index contributed by atoms with van der Waals surface area (Å²) in [6.45, 7) is 0.0850. The van der Waals surface area contributed by atoms with Crippen molar-refractivity contribution >= 4 is 33.7 Å². The molecule has 9 heteroatoms. The molecule has 0 radical (unpaired) electrons. The minimum atomic E-state index is -0.576. The van der Waals surface area contributed by atoms with Gasteiger partial charge in [0.05, 0.1) is 22.7 Å². The van der Waals surface area contributed by atoms with Gasteiger partial charge in [-0.05, 0) is 39.7 Å². The fourth-order valence-corrected chi connectivity index (χ4v) is 2.63. The maximum absolute atomic E-state index is 12.1. The maximum atomic E-state index is 12.1. The number of carbonyl (C=O) groups is 1. The number of nitro groups is 1. The van der Waals surface area contributed by atoms with Crippen LogP contribution < -0.4 is 14.9 Å². The summed E-state index contributed by atoms with van der Waals surface area (Å²) in [6.07, 6.45) is 6.58. The van der Waals surface area contributed by atoms with Crippen molar-refractivity contribution in [3.63, 3.8) is 0 Å². The molecular weight excluding hydrogens is 418 g/mol. The molecule has 8 nitrogen and oxygen atoms in total. The van der Waals surface area contributed by atoms with Crippen molar-refractivity contribution in [1.29, 1.82) is 0 Å². The van der Waals surface area contributed by atoms with Crippen LogP contribution in [0.15, 0.2) is 46.0 Å². The number of rotatable bonds is 7. The minimum absolute atomic E-state index is 0.0850. The Hall–Kier alpha value is -3.38. The summed E-state index contributed by atoms with van der Waals surface area (Å²) >= 11 is 3.36. The van der Waals surface area contributed by atoms with Crippen molar-refractivity contribution in [2.24, 2.45) is 5.10 Å². The van der Waals surface area contributed by atoms with Gasteiger partial charge >= 0.3 is 0 Å². The molecule has 0 aromatic heterocycles. The van der Waals surface area contributed by atoms with Gasteiger partial charge in [0, 0.05) is 17.7 Å². The molecule has 27 heavy (non-hydrogen) atoms. The third kappa shape index (κ3) is 5.29. The van der Waals surface area contributed by atoms with E-state index in [0.717, 1.165) is 0 Å². The molecule has 0 fully saturated rings. The molecule has 2 rings (SSSR count). The van der Waals surface area contributed by atoms with E-state index >= 15 is 0 Å². The molecule has 0 aliphatic rings. The Kier molecular flexibility index (Phi) is 6.91. The standard InChI is InChI=1S/C18H14BrN3O5/c1-3-7-27-17-15(19)8-12(9-16(17)26-2)11-20-21-18(23)13-5-4-6-14(10-13)22(24)25/h1,4-6,8-11H,7H2,2H3,(H,21,23). The highest BCUT2D eigenvalue weighted by Gasteiger charge is 2.12. The summed E-state index contributed by atoms with van der Waals surface area (Å²) in [5.74, 6) is 2.68.